The fourth-order valence-electron chi connectivity index (χ4n) is 3.85. The quantitative estimate of drug-likeness (QED) is 0.476. The Balaban J connectivity index is 1.34. The maximum atomic E-state index is 12.7. The van der Waals surface area contributed by atoms with Crippen molar-refractivity contribution in [1.82, 2.24) is 9.78 Å². The van der Waals surface area contributed by atoms with Crippen LogP contribution in [0.3, 0.4) is 0 Å². The van der Waals surface area contributed by atoms with Gasteiger partial charge in [-0.05, 0) is 67.6 Å². The lowest BCUT2D eigenvalue weighted by molar-refractivity contribution is -0.137. The lowest BCUT2D eigenvalue weighted by Crippen LogP contribution is -2.21. The molecule has 0 saturated carbocycles. The number of oxime groups is 1. The summed E-state index contributed by atoms with van der Waals surface area (Å²) in [5, 5.41) is 11.2. The van der Waals surface area contributed by atoms with Crippen LogP contribution in [0.1, 0.15) is 40.8 Å². The first-order valence-electron chi connectivity index (χ1n) is 11.1. The number of alkyl halides is 3. The van der Waals surface area contributed by atoms with Crippen molar-refractivity contribution in [3.8, 4) is 5.75 Å². The highest BCUT2D eigenvalue weighted by atomic mass is 19.4. The van der Waals surface area contributed by atoms with Gasteiger partial charge in [0.25, 0.3) is 5.91 Å². The Morgan fingerprint density at radius 3 is 2.60 bits per heavy atom. The van der Waals surface area contributed by atoms with Gasteiger partial charge in [-0.1, -0.05) is 17.3 Å². The molecule has 1 aliphatic carbocycles. The van der Waals surface area contributed by atoms with Gasteiger partial charge in [0, 0.05) is 18.7 Å². The van der Waals surface area contributed by atoms with Gasteiger partial charge in [0.2, 0.25) is 0 Å². The summed E-state index contributed by atoms with van der Waals surface area (Å²) in [5.41, 5.74) is 3.45. The van der Waals surface area contributed by atoms with Gasteiger partial charge in [0.15, 0.2) is 6.61 Å². The lowest BCUT2D eigenvalue weighted by atomic mass is 9.90. The van der Waals surface area contributed by atoms with E-state index in [1.807, 2.05) is 19.1 Å². The number of nitrogens with zero attached hydrogens (tertiary/aromatic N) is 3. The number of carbonyl (C=O) groups is 1. The van der Waals surface area contributed by atoms with E-state index in [1.54, 1.807) is 23.9 Å². The van der Waals surface area contributed by atoms with Gasteiger partial charge >= 0.3 is 6.18 Å². The van der Waals surface area contributed by atoms with Crippen LogP contribution in [0.4, 0.5) is 19.0 Å². The van der Waals surface area contributed by atoms with E-state index >= 15 is 0 Å². The third-order valence-corrected chi connectivity index (χ3v) is 5.57. The topological polar surface area (TPSA) is 77.7 Å². The molecule has 7 nitrogen and oxygen atoms in total. The predicted octanol–water partition coefficient (Wildman–Crippen LogP) is 5.02. The first-order valence-corrected chi connectivity index (χ1v) is 11.1. The van der Waals surface area contributed by atoms with E-state index in [4.69, 9.17) is 9.57 Å². The van der Waals surface area contributed by atoms with Gasteiger partial charge < -0.3 is 14.9 Å². The number of halogens is 3. The highest BCUT2D eigenvalue weighted by Crippen LogP contribution is 2.29. The molecule has 1 aliphatic rings. The number of hydrogen-bond acceptors (Lipinski definition) is 5. The number of fused-ring (bicyclic) bond motifs is 1. The van der Waals surface area contributed by atoms with Gasteiger partial charge in [-0.15, -0.1) is 0 Å². The van der Waals surface area contributed by atoms with Crippen molar-refractivity contribution in [2.45, 2.75) is 39.0 Å². The number of amides is 1. The zero-order valence-corrected chi connectivity index (χ0v) is 19.4. The number of aryl methyl sites for hydroxylation is 3. The Morgan fingerprint density at radius 2 is 1.91 bits per heavy atom. The second kappa shape index (κ2) is 10.2. The maximum Gasteiger partial charge on any atom is 0.416 e. The fourth-order valence-corrected chi connectivity index (χ4v) is 3.85. The standard InChI is InChI=1S/C25H25F3N4O3/c1-16-12-23(32(2)30-16)29-24(33)15-34-20-10-11-21-18(13-20)4-3-5-22(21)31-35-14-17-6-8-19(9-7-17)25(26,27)28/h6-13H,3-5,14-15H2,1-2H3,(H,29,33)/b31-22+. The summed E-state index contributed by atoms with van der Waals surface area (Å²) in [6.07, 6.45) is -1.92. The van der Waals surface area contributed by atoms with Crippen molar-refractivity contribution in [2.24, 2.45) is 12.2 Å². The van der Waals surface area contributed by atoms with Crippen molar-refractivity contribution >= 4 is 17.4 Å². The average Bonchev–Trinajstić information content (AvgIpc) is 3.13. The van der Waals surface area contributed by atoms with Gasteiger partial charge in [-0.2, -0.15) is 18.3 Å². The molecule has 1 amide bonds. The van der Waals surface area contributed by atoms with Crippen molar-refractivity contribution in [1.29, 1.82) is 0 Å². The molecule has 0 bridgehead atoms. The van der Waals surface area contributed by atoms with Gasteiger partial charge in [-0.25, -0.2) is 0 Å². The van der Waals surface area contributed by atoms with Crippen LogP contribution in [0, 0.1) is 6.92 Å². The predicted molar refractivity (Wildman–Crippen MR) is 124 cm³/mol. The number of hydrogen-bond donors (Lipinski definition) is 1. The normalized spacial score (nSPS) is 14.5. The van der Waals surface area contributed by atoms with E-state index in [0.717, 1.165) is 53.9 Å². The second-order valence-electron chi connectivity index (χ2n) is 8.31. The van der Waals surface area contributed by atoms with E-state index in [-0.39, 0.29) is 19.1 Å². The van der Waals surface area contributed by atoms with Crippen LogP contribution < -0.4 is 10.1 Å². The zero-order chi connectivity index (χ0) is 25.0. The number of aromatic nitrogens is 2. The highest BCUT2D eigenvalue weighted by molar-refractivity contribution is 6.02. The summed E-state index contributed by atoms with van der Waals surface area (Å²) in [5.74, 6) is 0.885. The van der Waals surface area contributed by atoms with E-state index in [1.165, 1.54) is 12.1 Å². The van der Waals surface area contributed by atoms with Gasteiger partial charge in [-0.3, -0.25) is 9.48 Å². The first-order chi connectivity index (χ1) is 16.7. The first kappa shape index (κ1) is 24.3. The number of benzene rings is 2. The molecule has 1 N–H and O–H groups in total. The van der Waals surface area contributed by atoms with Crippen LogP contribution >= 0.6 is 0 Å². The van der Waals surface area contributed by atoms with Crippen molar-refractivity contribution in [3.63, 3.8) is 0 Å². The number of anilines is 1. The molecule has 0 radical (unpaired) electrons. The SMILES string of the molecule is Cc1cc(NC(=O)COc2ccc3c(c2)CCC/C3=N\OCc2ccc(C(F)(F)F)cc2)n(C)n1. The average molecular weight is 486 g/mol. The second-order valence-corrected chi connectivity index (χ2v) is 8.31. The zero-order valence-electron chi connectivity index (χ0n) is 19.4. The van der Waals surface area contributed by atoms with Crippen LogP contribution in [-0.2, 0) is 35.9 Å². The summed E-state index contributed by atoms with van der Waals surface area (Å²) in [7, 11) is 1.75. The Bertz CT molecular complexity index is 1230. The van der Waals surface area contributed by atoms with Crippen molar-refractivity contribution in [2.75, 3.05) is 11.9 Å². The molecule has 1 heterocycles. The van der Waals surface area contributed by atoms with Crippen molar-refractivity contribution in [3.05, 3.63) is 76.5 Å². The Hall–Kier alpha value is -3.82. The molecule has 10 heteroatoms. The summed E-state index contributed by atoms with van der Waals surface area (Å²) in [6, 6.07) is 12.1. The van der Waals surface area contributed by atoms with Crippen LogP contribution in [0.2, 0.25) is 0 Å². The molecule has 3 aromatic rings. The number of rotatable bonds is 7. The molecule has 0 spiro atoms. The Labute approximate surface area is 200 Å². The summed E-state index contributed by atoms with van der Waals surface area (Å²) in [4.78, 5) is 17.7. The minimum Gasteiger partial charge on any atom is -0.484 e. The highest BCUT2D eigenvalue weighted by Gasteiger charge is 2.29. The molecule has 0 atom stereocenters. The Morgan fingerprint density at radius 1 is 1.14 bits per heavy atom. The van der Waals surface area contributed by atoms with E-state index in [9.17, 15) is 18.0 Å². The van der Waals surface area contributed by atoms with Crippen LogP contribution in [0.25, 0.3) is 0 Å². The lowest BCUT2D eigenvalue weighted by Gasteiger charge is -2.18. The van der Waals surface area contributed by atoms with E-state index in [2.05, 4.69) is 15.6 Å². The molecular formula is C25H25F3N4O3. The van der Waals surface area contributed by atoms with Crippen LogP contribution in [0.5, 0.6) is 5.75 Å². The van der Waals surface area contributed by atoms with E-state index < -0.39 is 11.7 Å². The Kier molecular flexibility index (Phi) is 7.09. The molecule has 35 heavy (non-hydrogen) atoms. The number of ether oxygens (including phenoxy) is 1. The molecule has 0 saturated heterocycles. The molecule has 0 unspecified atom stereocenters. The minimum atomic E-state index is -4.36. The maximum absolute atomic E-state index is 12.7. The molecule has 1 aromatic heterocycles. The van der Waals surface area contributed by atoms with Gasteiger partial charge in [0.1, 0.15) is 18.2 Å². The molecular weight excluding hydrogens is 461 g/mol. The number of nitrogens with one attached hydrogen (secondary N) is 1. The summed E-state index contributed by atoms with van der Waals surface area (Å²) < 4.78 is 45.3. The summed E-state index contributed by atoms with van der Waals surface area (Å²) in [6.45, 7) is 1.78. The molecule has 2 aromatic carbocycles. The number of carbonyl (C=O) groups excluding carboxylic acids is 1. The summed E-state index contributed by atoms with van der Waals surface area (Å²) >= 11 is 0. The van der Waals surface area contributed by atoms with Gasteiger partial charge in [0.05, 0.1) is 17.0 Å². The smallest absolute Gasteiger partial charge is 0.416 e. The molecule has 4 rings (SSSR count). The third kappa shape index (κ3) is 6.20. The minimum absolute atomic E-state index is 0.0729. The molecule has 0 aliphatic heterocycles. The largest absolute Gasteiger partial charge is 0.484 e. The van der Waals surface area contributed by atoms with E-state index in [0.29, 0.717) is 17.1 Å². The third-order valence-electron chi connectivity index (χ3n) is 5.57. The van der Waals surface area contributed by atoms with Crippen LogP contribution in [-0.4, -0.2) is 28.0 Å². The molecule has 184 valence electrons. The fraction of sp³-hybridized carbons (Fsp3) is 0.320. The molecule has 0 fully saturated rings. The van der Waals surface area contributed by atoms with Crippen LogP contribution in [0.15, 0.2) is 53.7 Å². The van der Waals surface area contributed by atoms with Crippen molar-refractivity contribution < 1.29 is 27.5 Å². The monoisotopic (exact) mass is 486 g/mol.